The average Bonchev–Trinajstić information content (AvgIpc) is 3.03. The van der Waals surface area contributed by atoms with Crippen molar-refractivity contribution < 1.29 is 23.9 Å². The Kier molecular flexibility index (Phi) is 8.73. The second-order valence-electron chi connectivity index (χ2n) is 6.69. The van der Waals surface area contributed by atoms with Crippen LogP contribution in [-0.4, -0.2) is 36.7 Å². The third kappa shape index (κ3) is 7.38. The molecule has 0 aliphatic rings. The summed E-state index contributed by atoms with van der Waals surface area (Å²) in [6.45, 7) is 4.88. The van der Waals surface area contributed by atoms with Crippen molar-refractivity contribution in [1.82, 2.24) is 5.32 Å². The molecule has 0 bridgehead atoms. The van der Waals surface area contributed by atoms with E-state index in [1.54, 1.807) is 12.1 Å². The van der Waals surface area contributed by atoms with E-state index in [1.165, 1.54) is 11.3 Å². The Labute approximate surface area is 187 Å². The van der Waals surface area contributed by atoms with Gasteiger partial charge in [-0.25, -0.2) is 0 Å². The highest BCUT2D eigenvalue weighted by Gasteiger charge is 2.15. The smallest absolute Gasteiger partial charge is 0.306 e. The third-order valence-electron chi connectivity index (χ3n) is 4.17. The number of benzene rings is 1. The van der Waals surface area contributed by atoms with E-state index in [0.29, 0.717) is 11.3 Å². The summed E-state index contributed by atoms with van der Waals surface area (Å²) in [6, 6.07) is 7.22. The fraction of sp³-hybridized carbons (Fsp3) is 0.333. The van der Waals surface area contributed by atoms with Crippen LogP contribution < -0.4 is 10.6 Å². The Morgan fingerprint density at radius 3 is 2.40 bits per heavy atom. The van der Waals surface area contributed by atoms with Crippen LogP contribution in [0.5, 0.6) is 0 Å². The van der Waals surface area contributed by atoms with Gasteiger partial charge in [-0.15, -0.1) is 11.3 Å². The molecule has 30 heavy (non-hydrogen) atoms. The largest absolute Gasteiger partial charge is 0.456 e. The maximum atomic E-state index is 12.2. The molecule has 2 aromatic rings. The Hall–Kier alpha value is -2.52. The molecule has 0 saturated heterocycles. The number of ketones is 1. The lowest BCUT2D eigenvalue weighted by Crippen LogP contribution is -2.35. The van der Waals surface area contributed by atoms with Crippen LogP contribution in [0, 0.1) is 20.8 Å². The van der Waals surface area contributed by atoms with Gasteiger partial charge in [0, 0.05) is 31.9 Å². The Morgan fingerprint density at radius 1 is 1.03 bits per heavy atom. The number of carbonyl (C=O) groups excluding carboxylic acids is 4. The number of ether oxygens (including phenoxy) is 1. The van der Waals surface area contributed by atoms with Crippen LogP contribution in [0.2, 0.25) is 0 Å². The number of thiophene rings is 1. The normalized spacial score (nSPS) is 10.4. The highest BCUT2D eigenvalue weighted by molar-refractivity contribution is 9.10. The minimum Gasteiger partial charge on any atom is -0.456 e. The van der Waals surface area contributed by atoms with Crippen LogP contribution in [0.4, 0.5) is 5.69 Å². The molecular formula is C21H23BrN2O5S. The SMILES string of the molecule is Cc1cc(C(=O)CCC(=O)OCC(=O)NCC(=O)Nc2ccc(Br)cc2C)c(C)s1. The first-order valence-corrected chi connectivity index (χ1v) is 10.8. The molecular weight excluding hydrogens is 472 g/mol. The van der Waals surface area contributed by atoms with E-state index in [-0.39, 0.29) is 25.2 Å². The van der Waals surface area contributed by atoms with E-state index in [9.17, 15) is 19.2 Å². The van der Waals surface area contributed by atoms with Gasteiger partial charge in [-0.2, -0.15) is 0 Å². The molecule has 0 aliphatic heterocycles. The molecule has 2 N–H and O–H groups in total. The maximum absolute atomic E-state index is 12.2. The van der Waals surface area contributed by atoms with Crippen molar-refractivity contribution in [3.63, 3.8) is 0 Å². The molecule has 0 atom stereocenters. The van der Waals surface area contributed by atoms with Crippen molar-refractivity contribution in [2.24, 2.45) is 0 Å². The summed E-state index contributed by atoms with van der Waals surface area (Å²) in [5.41, 5.74) is 2.14. The quantitative estimate of drug-likeness (QED) is 0.408. The first kappa shape index (κ1) is 23.8. The Bertz CT molecular complexity index is 970. The zero-order chi connectivity index (χ0) is 22.3. The van der Waals surface area contributed by atoms with Gasteiger partial charge in [0.2, 0.25) is 5.91 Å². The summed E-state index contributed by atoms with van der Waals surface area (Å²) in [4.78, 5) is 49.6. The van der Waals surface area contributed by atoms with Gasteiger partial charge in [0.15, 0.2) is 12.4 Å². The number of amides is 2. The van der Waals surface area contributed by atoms with Gasteiger partial charge >= 0.3 is 5.97 Å². The van der Waals surface area contributed by atoms with Crippen LogP contribution >= 0.6 is 27.3 Å². The molecule has 0 aliphatic carbocycles. The topological polar surface area (TPSA) is 102 Å². The highest BCUT2D eigenvalue weighted by Crippen LogP contribution is 2.22. The molecule has 0 unspecified atom stereocenters. The predicted molar refractivity (Wildman–Crippen MR) is 119 cm³/mol. The molecule has 7 nitrogen and oxygen atoms in total. The molecule has 1 aromatic heterocycles. The van der Waals surface area contributed by atoms with E-state index < -0.39 is 24.4 Å². The van der Waals surface area contributed by atoms with Crippen LogP contribution in [-0.2, 0) is 19.1 Å². The van der Waals surface area contributed by atoms with Gasteiger partial charge in [-0.1, -0.05) is 15.9 Å². The van der Waals surface area contributed by atoms with Crippen molar-refractivity contribution in [3.8, 4) is 0 Å². The van der Waals surface area contributed by atoms with Crippen LogP contribution in [0.15, 0.2) is 28.7 Å². The van der Waals surface area contributed by atoms with Crippen molar-refractivity contribution in [1.29, 1.82) is 0 Å². The molecule has 9 heteroatoms. The van der Waals surface area contributed by atoms with Gasteiger partial charge in [-0.05, 0) is 50.6 Å². The lowest BCUT2D eigenvalue weighted by atomic mass is 10.1. The maximum Gasteiger partial charge on any atom is 0.306 e. The first-order valence-electron chi connectivity index (χ1n) is 9.24. The summed E-state index contributed by atoms with van der Waals surface area (Å²) in [7, 11) is 0. The lowest BCUT2D eigenvalue weighted by molar-refractivity contribution is -0.148. The molecule has 1 aromatic carbocycles. The summed E-state index contributed by atoms with van der Waals surface area (Å²) in [5.74, 6) is -1.76. The monoisotopic (exact) mass is 494 g/mol. The number of esters is 1. The molecule has 160 valence electrons. The number of Topliss-reactive ketones (excluding diaryl/α,β-unsaturated/α-hetero) is 1. The summed E-state index contributed by atoms with van der Waals surface area (Å²) < 4.78 is 5.77. The minimum absolute atomic E-state index is 0.0203. The zero-order valence-electron chi connectivity index (χ0n) is 17.0. The van der Waals surface area contributed by atoms with Gasteiger partial charge in [0.05, 0.1) is 13.0 Å². The zero-order valence-corrected chi connectivity index (χ0v) is 19.4. The molecule has 0 fully saturated rings. The van der Waals surface area contributed by atoms with Crippen molar-refractivity contribution in [2.75, 3.05) is 18.5 Å². The molecule has 1 heterocycles. The molecule has 2 rings (SSSR count). The number of hydrogen-bond donors (Lipinski definition) is 2. The van der Waals surface area contributed by atoms with Gasteiger partial charge < -0.3 is 15.4 Å². The molecule has 0 radical (unpaired) electrons. The lowest BCUT2D eigenvalue weighted by Gasteiger charge is -2.10. The standard InChI is InChI=1S/C21H23BrN2O5S/c1-12-8-15(22)4-5-17(12)24-19(26)10-23-20(27)11-29-21(28)7-6-18(25)16-9-13(2)30-14(16)3/h4-5,8-9H,6-7,10-11H2,1-3H3,(H,23,27)(H,24,26). The number of anilines is 1. The predicted octanol–water partition coefficient (Wildman–Crippen LogP) is 3.70. The van der Waals surface area contributed by atoms with E-state index in [4.69, 9.17) is 4.74 Å². The highest BCUT2D eigenvalue weighted by atomic mass is 79.9. The Balaban J connectivity index is 1.67. The number of hydrogen-bond acceptors (Lipinski definition) is 6. The van der Waals surface area contributed by atoms with Crippen molar-refractivity contribution >= 4 is 56.5 Å². The number of rotatable bonds is 9. The van der Waals surface area contributed by atoms with E-state index >= 15 is 0 Å². The average molecular weight is 495 g/mol. The van der Waals surface area contributed by atoms with Gasteiger partial charge in [0.25, 0.3) is 5.91 Å². The van der Waals surface area contributed by atoms with Crippen molar-refractivity contribution in [3.05, 3.63) is 49.6 Å². The minimum atomic E-state index is -0.641. The summed E-state index contributed by atoms with van der Waals surface area (Å²) in [6.07, 6.45) is -0.0871. The number of halogens is 1. The van der Waals surface area contributed by atoms with Crippen molar-refractivity contribution in [2.45, 2.75) is 33.6 Å². The number of carbonyl (C=O) groups is 4. The second kappa shape index (κ2) is 11.0. The summed E-state index contributed by atoms with van der Waals surface area (Å²) in [5, 5.41) is 5.08. The van der Waals surface area contributed by atoms with E-state index in [0.717, 1.165) is 19.8 Å². The van der Waals surface area contributed by atoms with Crippen LogP contribution in [0.1, 0.15) is 38.5 Å². The fourth-order valence-electron chi connectivity index (χ4n) is 2.67. The van der Waals surface area contributed by atoms with Crippen LogP contribution in [0.25, 0.3) is 0 Å². The van der Waals surface area contributed by atoms with Crippen LogP contribution in [0.3, 0.4) is 0 Å². The Morgan fingerprint density at radius 2 is 1.77 bits per heavy atom. The summed E-state index contributed by atoms with van der Waals surface area (Å²) >= 11 is 4.88. The molecule has 2 amide bonds. The number of aryl methyl sites for hydroxylation is 3. The fourth-order valence-corrected chi connectivity index (χ4v) is 4.09. The van der Waals surface area contributed by atoms with E-state index in [2.05, 4.69) is 26.6 Å². The van der Waals surface area contributed by atoms with Gasteiger partial charge in [-0.3, -0.25) is 19.2 Å². The third-order valence-corrected chi connectivity index (χ3v) is 5.63. The molecule has 0 spiro atoms. The first-order chi connectivity index (χ1) is 14.2. The van der Waals surface area contributed by atoms with E-state index in [1.807, 2.05) is 32.9 Å². The number of nitrogens with one attached hydrogen (secondary N) is 2. The second-order valence-corrected chi connectivity index (χ2v) is 9.07. The van der Waals surface area contributed by atoms with Gasteiger partial charge in [0.1, 0.15) is 0 Å². The molecule has 0 saturated carbocycles.